The number of benzene rings is 1. The first-order valence-corrected chi connectivity index (χ1v) is 6.07. The number of rotatable bonds is 4. The highest BCUT2D eigenvalue weighted by Crippen LogP contribution is 2.08. The summed E-state index contributed by atoms with van der Waals surface area (Å²) in [7, 11) is 0. The van der Waals surface area contributed by atoms with Crippen LogP contribution >= 0.6 is 0 Å². The minimum atomic E-state index is -0.525. The summed E-state index contributed by atoms with van der Waals surface area (Å²) < 4.78 is 0.403. The average Bonchev–Trinajstić information content (AvgIpc) is 2.41. The number of hydrogen-bond acceptors (Lipinski definition) is 4. The molecule has 0 radical (unpaired) electrons. The van der Waals surface area contributed by atoms with Crippen molar-refractivity contribution in [3.63, 3.8) is 0 Å². The van der Waals surface area contributed by atoms with E-state index in [1.807, 2.05) is 24.8 Å². The molecule has 5 heteroatoms. The first kappa shape index (κ1) is 12.6. The molecule has 0 saturated heterocycles. The maximum absolute atomic E-state index is 11.9. The number of fused-ring (bicyclic) bond motifs is 1. The molecule has 0 bridgehead atoms. The van der Waals surface area contributed by atoms with Crippen LogP contribution in [-0.4, -0.2) is 27.7 Å². The summed E-state index contributed by atoms with van der Waals surface area (Å²) in [6.45, 7) is 6.06. The van der Waals surface area contributed by atoms with Gasteiger partial charge in [0, 0.05) is 0 Å². The Balaban J connectivity index is 2.52. The molecule has 0 unspecified atom stereocenters. The Hall–Kier alpha value is -1.88. The van der Waals surface area contributed by atoms with Gasteiger partial charge < -0.3 is 9.94 Å². The largest absolute Gasteiger partial charge is 0.802 e. The van der Waals surface area contributed by atoms with Crippen LogP contribution in [0.25, 0.3) is 10.9 Å². The number of aromatic nitrogens is 2. The molecule has 18 heavy (non-hydrogen) atoms. The SMILES string of the molecule is CCN(CC)Cc1nc2ccccc2c(=O)n1[O-]. The molecule has 0 aliphatic rings. The lowest BCUT2D eigenvalue weighted by molar-refractivity contribution is 0.285. The summed E-state index contributed by atoms with van der Waals surface area (Å²) >= 11 is 0. The molecule has 2 rings (SSSR count). The minimum absolute atomic E-state index is 0.266. The van der Waals surface area contributed by atoms with Crippen molar-refractivity contribution in [1.82, 2.24) is 14.6 Å². The van der Waals surface area contributed by atoms with Crippen LogP contribution in [0.15, 0.2) is 29.1 Å². The molecule has 0 saturated carbocycles. The molecule has 1 heterocycles. The van der Waals surface area contributed by atoms with Gasteiger partial charge in [0.05, 0.1) is 17.4 Å². The maximum Gasteiger partial charge on any atom is 0.256 e. The molecule has 5 nitrogen and oxygen atoms in total. The molecule has 0 amide bonds. The molecule has 1 aromatic heterocycles. The van der Waals surface area contributed by atoms with Crippen LogP contribution in [0.3, 0.4) is 0 Å². The van der Waals surface area contributed by atoms with Gasteiger partial charge in [-0.25, -0.2) is 4.98 Å². The smallest absolute Gasteiger partial charge is 0.256 e. The van der Waals surface area contributed by atoms with E-state index in [4.69, 9.17) is 0 Å². The Labute approximate surface area is 105 Å². The van der Waals surface area contributed by atoms with Gasteiger partial charge in [-0.3, -0.25) is 9.69 Å². The molecule has 0 fully saturated rings. The lowest BCUT2D eigenvalue weighted by Gasteiger charge is -2.22. The van der Waals surface area contributed by atoms with Crippen molar-refractivity contribution in [2.45, 2.75) is 20.4 Å². The predicted molar refractivity (Wildman–Crippen MR) is 71.4 cm³/mol. The Bertz CT molecular complexity index is 603. The molecule has 0 aliphatic carbocycles. The molecular formula is C13H16N3O2-. The summed E-state index contributed by atoms with van der Waals surface area (Å²) in [4.78, 5) is 18.2. The van der Waals surface area contributed by atoms with E-state index >= 15 is 0 Å². The molecule has 0 spiro atoms. The Morgan fingerprint density at radius 2 is 1.94 bits per heavy atom. The lowest BCUT2D eigenvalue weighted by atomic mass is 10.2. The highest BCUT2D eigenvalue weighted by Gasteiger charge is 2.08. The summed E-state index contributed by atoms with van der Waals surface area (Å²) in [5, 5.41) is 12.2. The quantitative estimate of drug-likeness (QED) is 0.821. The summed E-state index contributed by atoms with van der Waals surface area (Å²) in [5.74, 6) is 0.266. The van der Waals surface area contributed by atoms with E-state index in [-0.39, 0.29) is 5.82 Å². The predicted octanol–water partition coefficient (Wildman–Crippen LogP) is 1.58. The van der Waals surface area contributed by atoms with Crippen molar-refractivity contribution < 1.29 is 0 Å². The second kappa shape index (κ2) is 5.18. The minimum Gasteiger partial charge on any atom is -0.802 e. The third-order valence-electron chi connectivity index (χ3n) is 3.06. The van der Waals surface area contributed by atoms with Crippen molar-refractivity contribution >= 4 is 10.9 Å². The first-order chi connectivity index (χ1) is 8.67. The van der Waals surface area contributed by atoms with Crippen LogP contribution < -0.4 is 5.56 Å². The van der Waals surface area contributed by atoms with Gasteiger partial charge in [0.15, 0.2) is 0 Å². The second-order valence-electron chi connectivity index (χ2n) is 4.11. The van der Waals surface area contributed by atoms with E-state index < -0.39 is 5.56 Å². The van der Waals surface area contributed by atoms with Gasteiger partial charge in [0.25, 0.3) is 5.56 Å². The summed E-state index contributed by atoms with van der Waals surface area (Å²) in [6.07, 6.45) is 0. The Kier molecular flexibility index (Phi) is 3.62. The van der Waals surface area contributed by atoms with Gasteiger partial charge in [-0.1, -0.05) is 26.0 Å². The van der Waals surface area contributed by atoms with Crippen LogP contribution in [0.1, 0.15) is 19.7 Å². The fraction of sp³-hybridized carbons (Fsp3) is 0.385. The summed E-state index contributed by atoms with van der Waals surface area (Å²) in [6, 6.07) is 6.92. The van der Waals surface area contributed by atoms with Crippen LogP contribution in [0.5, 0.6) is 0 Å². The number of nitrogens with zero attached hydrogens (tertiary/aromatic N) is 3. The lowest BCUT2D eigenvalue weighted by Crippen LogP contribution is -2.29. The van der Waals surface area contributed by atoms with Crippen molar-refractivity contribution in [2.24, 2.45) is 0 Å². The van der Waals surface area contributed by atoms with E-state index in [2.05, 4.69) is 4.98 Å². The average molecular weight is 246 g/mol. The second-order valence-corrected chi connectivity index (χ2v) is 4.11. The number of para-hydroxylation sites is 1. The van der Waals surface area contributed by atoms with E-state index in [9.17, 15) is 10.0 Å². The van der Waals surface area contributed by atoms with Gasteiger partial charge >= 0.3 is 0 Å². The Morgan fingerprint density at radius 1 is 1.28 bits per heavy atom. The summed E-state index contributed by atoms with van der Waals surface area (Å²) in [5.41, 5.74) is 0.0551. The standard InChI is InChI=1S/C13H16N3O2/c1-3-15(4-2)9-12-14-11-8-6-5-7-10(11)13(17)16(12)18/h5-8H,3-4,9H2,1-2H3/q-1. The first-order valence-electron chi connectivity index (χ1n) is 6.07. The molecule has 0 atom stereocenters. The molecule has 0 N–H and O–H groups in total. The third kappa shape index (κ3) is 2.22. The van der Waals surface area contributed by atoms with Gasteiger partial charge in [0.1, 0.15) is 5.82 Å². The van der Waals surface area contributed by atoms with Crippen LogP contribution in [-0.2, 0) is 6.54 Å². The topological polar surface area (TPSA) is 61.2 Å². The molecule has 96 valence electrons. The molecule has 1 aromatic carbocycles. The fourth-order valence-electron chi connectivity index (χ4n) is 1.91. The fourth-order valence-corrected chi connectivity index (χ4v) is 1.91. The van der Waals surface area contributed by atoms with Crippen LogP contribution in [0, 0.1) is 5.21 Å². The van der Waals surface area contributed by atoms with E-state index in [0.717, 1.165) is 13.1 Å². The number of hydrogen-bond donors (Lipinski definition) is 0. The Morgan fingerprint density at radius 3 is 2.61 bits per heavy atom. The third-order valence-corrected chi connectivity index (χ3v) is 3.06. The zero-order valence-corrected chi connectivity index (χ0v) is 10.6. The monoisotopic (exact) mass is 246 g/mol. The van der Waals surface area contributed by atoms with E-state index in [0.29, 0.717) is 22.2 Å². The highest BCUT2D eigenvalue weighted by molar-refractivity contribution is 5.77. The molecule has 2 aromatic rings. The van der Waals surface area contributed by atoms with E-state index in [1.54, 1.807) is 18.2 Å². The van der Waals surface area contributed by atoms with Gasteiger partial charge in [-0.15, -0.1) is 0 Å². The van der Waals surface area contributed by atoms with Crippen LogP contribution in [0.2, 0.25) is 0 Å². The van der Waals surface area contributed by atoms with Gasteiger partial charge in [-0.2, -0.15) is 0 Å². The van der Waals surface area contributed by atoms with E-state index in [1.165, 1.54) is 0 Å². The zero-order valence-electron chi connectivity index (χ0n) is 10.6. The van der Waals surface area contributed by atoms with Crippen molar-refractivity contribution in [2.75, 3.05) is 13.1 Å². The molecular weight excluding hydrogens is 230 g/mol. The molecule has 0 aliphatic heterocycles. The van der Waals surface area contributed by atoms with Crippen molar-refractivity contribution in [3.8, 4) is 0 Å². The zero-order chi connectivity index (χ0) is 13.1. The van der Waals surface area contributed by atoms with Gasteiger partial charge in [-0.05, 0) is 25.2 Å². The highest BCUT2D eigenvalue weighted by atomic mass is 16.5. The van der Waals surface area contributed by atoms with Crippen LogP contribution in [0.4, 0.5) is 0 Å². The van der Waals surface area contributed by atoms with Crippen molar-refractivity contribution in [1.29, 1.82) is 0 Å². The maximum atomic E-state index is 11.9. The van der Waals surface area contributed by atoms with Crippen molar-refractivity contribution in [3.05, 3.63) is 45.7 Å². The van der Waals surface area contributed by atoms with Gasteiger partial charge in [0.2, 0.25) is 0 Å². The normalized spacial score (nSPS) is 11.3.